The van der Waals surface area contributed by atoms with Crippen LogP contribution in [0.3, 0.4) is 0 Å². The van der Waals surface area contributed by atoms with Crippen LogP contribution in [0.25, 0.3) is 0 Å². The van der Waals surface area contributed by atoms with Crippen LogP contribution in [0.15, 0.2) is 0 Å². The number of carbonyl (C=O) groups is 1. The standard InChI is InChI=1S/C19H33NO/c1-15-12-16(2)14-17(13-15)18(21)19(8-4-5-9-19)20-10-6-3-7-11-20/h15-17H,3-14H2,1-2H3. The fourth-order valence-corrected chi connectivity index (χ4v) is 5.54. The van der Waals surface area contributed by atoms with Crippen LogP contribution < -0.4 is 0 Å². The van der Waals surface area contributed by atoms with Crippen molar-refractivity contribution >= 4 is 5.78 Å². The van der Waals surface area contributed by atoms with Crippen LogP contribution in [0.4, 0.5) is 0 Å². The maximum Gasteiger partial charge on any atom is 0.156 e. The average molecular weight is 291 g/mol. The highest BCUT2D eigenvalue weighted by Gasteiger charge is 2.49. The van der Waals surface area contributed by atoms with E-state index in [4.69, 9.17) is 0 Å². The molecule has 2 aliphatic carbocycles. The SMILES string of the molecule is CC1CC(C)CC(C(=O)C2(N3CCCCC3)CCCC2)C1. The van der Waals surface area contributed by atoms with Crippen LogP contribution >= 0.6 is 0 Å². The predicted octanol–water partition coefficient (Wildman–Crippen LogP) is 4.43. The fraction of sp³-hybridized carbons (Fsp3) is 0.947. The molecule has 0 N–H and O–H groups in total. The Labute approximate surface area is 130 Å². The molecular weight excluding hydrogens is 258 g/mol. The molecule has 3 fully saturated rings. The molecule has 0 radical (unpaired) electrons. The van der Waals surface area contributed by atoms with Gasteiger partial charge in [0.2, 0.25) is 0 Å². The second-order valence-electron chi connectivity index (χ2n) is 8.27. The number of nitrogens with zero attached hydrogens (tertiary/aromatic N) is 1. The minimum absolute atomic E-state index is 0.0537. The second kappa shape index (κ2) is 6.40. The molecule has 3 rings (SSSR count). The van der Waals surface area contributed by atoms with Crippen LogP contribution in [-0.2, 0) is 4.79 Å². The first-order chi connectivity index (χ1) is 10.1. The zero-order valence-electron chi connectivity index (χ0n) is 14.1. The van der Waals surface area contributed by atoms with Gasteiger partial charge in [-0.05, 0) is 69.9 Å². The van der Waals surface area contributed by atoms with Crippen LogP contribution in [0.1, 0.15) is 78.1 Å². The molecule has 0 aromatic heterocycles. The molecule has 3 aliphatic rings. The second-order valence-corrected chi connectivity index (χ2v) is 8.27. The van der Waals surface area contributed by atoms with Gasteiger partial charge >= 0.3 is 0 Å². The molecule has 0 bridgehead atoms. The molecule has 2 nitrogen and oxygen atoms in total. The molecule has 0 aromatic rings. The lowest BCUT2D eigenvalue weighted by atomic mass is 9.70. The number of carbonyl (C=O) groups excluding carboxylic acids is 1. The number of likely N-dealkylation sites (tertiary alicyclic amines) is 1. The lowest BCUT2D eigenvalue weighted by Crippen LogP contribution is -2.57. The van der Waals surface area contributed by atoms with E-state index in [2.05, 4.69) is 18.7 Å². The Kier molecular flexibility index (Phi) is 4.73. The van der Waals surface area contributed by atoms with E-state index in [0.717, 1.165) is 37.5 Å². The quantitative estimate of drug-likeness (QED) is 0.767. The van der Waals surface area contributed by atoms with Crippen LogP contribution in [0.2, 0.25) is 0 Å². The number of piperidine rings is 1. The summed E-state index contributed by atoms with van der Waals surface area (Å²) in [5.41, 5.74) is -0.0537. The third-order valence-electron chi connectivity index (χ3n) is 6.40. The number of ketones is 1. The Morgan fingerprint density at radius 3 is 2.00 bits per heavy atom. The molecule has 0 amide bonds. The van der Waals surface area contributed by atoms with E-state index in [1.165, 1.54) is 51.6 Å². The van der Waals surface area contributed by atoms with Gasteiger partial charge in [0.1, 0.15) is 0 Å². The van der Waals surface area contributed by atoms with Crippen LogP contribution in [-0.4, -0.2) is 29.3 Å². The summed E-state index contributed by atoms with van der Waals surface area (Å²) in [5, 5.41) is 0. The van der Waals surface area contributed by atoms with Gasteiger partial charge in [0.25, 0.3) is 0 Å². The van der Waals surface area contributed by atoms with Gasteiger partial charge < -0.3 is 0 Å². The Bertz CT molecular complexity index is 356. The van der Waals surface area contributed by atoms with E-state index < -0.39 is 0 Å². The third-order valence-corrected chi connectivity index (χ3v) is 6.40. The maximum atomic E-state index is 13.5. The molecule has 1 saturated heterocycles. The van der Waals surface area contributed by atoms with Gasteiger partial charge in [0.05, 0.1) is 5.54 Å². The van der Waals surface area contributed by atoms with E-state index >= 15 is 0 Å². The molecule has 0 aromatic carbocycles. The zero-order valence-corrected chi connectivity index (χ0v) is 14.1. The number of hydrogen-bond acceptors (Lipinski definition) is 2. The third kappa shape index (κ3) is 3.06. The summed E-state index contributed by atoms with van der Waals surface area (Å²) in [6.45, 7) is 7.03. The summed E-state index contributed by atoms with van der Waals surface area (Å²) in [6.07, 6.45) is 12.4. The average Bonchev–Trinajstić information content (AvgIpc) is 2.97. The van der Waals surface area contributed by atoms with Crippen molar-refractivity contribution < 1.29 is 4.79 Å². The minimum Gasteiger partial charge on any atom is -0.297 e. The van der Waals surface area contributed by atoms with Gasteiger partial charge in [-0.1, -0.05) is 33.1 Å². The lowest BCUT2D eigenvalue weighted by Gasteiger charge is -2.45. The molecule has 1 aliphatic heterocycles. The van der Waals surface area contributed by atoms with E-state index in [1.54, 1.807) is 0 Å². The van der Waals surface area contributed by atoms with E-state index in [-0.39, 0.29) is 5.54 Å². The summed E-state index contributed by atoms with van der Waals surface area (Å²) in [5.74, 6) is 2.47. The number of hydrogen-bond donors (Lipinski definition) is 0. The van der Waals surface area contributed by atoms with E-state index in [9.17, 15) is 4.79 Å². The van der Waals surface area contributed by atoms with Crippen molar-refractivity contribution in [3.05, 3.63) is 0 Å². The normalized spacial score (nSPS) is 37.5. The number of rotatable bonds is 3. The first-order valence-electron chi connectivity index (χ1n) is 9.41. The molecule has 2 saturated carbocycles. The summed E-state index contributed by atoms with van der Waals surface area (Å²) in [4.78, 5) is 16.1. The van der Waals surface area contributed by atoms with Crippen molar-refractivity contribution in [2.75, 3.05) is 13.1 Å². The Morgan fingerprint density at radius 1 is 0.857 bits per heavy atom. The fourth-order valence-electron chi connectivity index (χ4n) is 5.54. The summed E-state index contributed by atoms with van der Waals surface area (Å²) >= 11 is 0. The summed E-state index contributed by atoms with van der Waals surface area (Å²) in [6, 6.07) is 0. The molecule has 1 heterocycles. The van der Waals surface area contributed by atoms with Crippen LogP contribution in [0.5, 0.6) is 0 Å². The van der Waals surface area contributed by atoms with Gasteiger partial charge in [0, 0.05) is 5.92 Å². The molecule has 2 atom stereocenters. The first-order valence-corrected chi connectivity index (χ1v) is 9.41. The van der Waals surface area contributed by atoms with Gasteiger partial charge in [-0.15, -0.1) is 0 Å². The van der Waals surface area contributed by atoms with Crippen molar-refractivity contribution in [2.45, 2.75) is 83.6 Å². The van der Waals surface area contributed by atoms with Gasteiger partial charge in [-0.2, -0.15) is 0 Å². The van der Waals surface area contributed by atoms with E-state index in [0.29, 0.717) is 11.7 Å². The maximum absolute atomic E-state index is 13.5. The van der Waals surface area contributed by atoms with Gasteiger partial charge in [-0.25, -0.2) is 0 Å². The Morgan fingerprint density at radius 2 is 1.43 bits per heavy atom. The smallest absolute Gasteiger partial charge is 0.156 e. The Hall–Kier alpha value is -0.370. The molecule has 0 spiro atoms. The monoisotopic (exact) mass is 291 g/mol. The van der Waals surface area contributed by atoms with Crippen LogP contribution in [0, 0.1) is 17.8 Å². The molecule has 2 heteroatoms. The Balaban J connectivity index is 1.78. The molecule has 2 unspecified atom stereocenters. The van der Waals surface area contributed by atoms with Gasteiger partial charge in [0.15, 0.2) is 5.78 Å². The highest BCUT2D eigenvalue weighted by atomic mass is 16.1. The van der Waals surface area contributed by atoms with Crippen molar-refractivity contribution in [3.8, 4) is 0 Å². The van der Waals surface area contributed by atoms with Crippen molar-refractivity contribution in [1.29, 1.82) is 0 Å². The van der Waals surface area contributed by atoms with Crippen molar-refractivity contribution in [1.82, 2.24) is 4.90 Å². The molecule has 21 heavy (non-hydrogen) atoms. The predicted molar refractivity (Wildman–Crippen MR) is 87.3 cm³/mol. The highest BCUT2D eigenvalue weighted by Crippen LogP contribution is 2.43. The van der Waals surface area contributed by atoms with Crippen molar-refractivity contribution in [3.63, 3.8) is 0 Å². The minimum atomic E-state index is -0.0537. The highest BCUT2D eigenvalue weighted by molar-refractivity contribution is 5.91. The number of Topliss-reactive ketones (excluding diaryl/α,β-unsaturated/α-hetero) is 1. The lowest BCUT2D eigenvalue weighted by molar-refractivity contribution is -0.138. The van der Waals surface area contributed by atoms with Gasteiger partial charge in [-0.3, -0.25) is 9.69 Å². The largest absolute Gasteiger partial charge is 0.297 e. The molecular formula is C19H33NO. The summed E-state index contributed by atoms with van der Waals surface area (Å²) in [7, 11) is 0. The van der Waals surface area contributed by atoms with E-state index in [1.807, 2.05) is 0 Å². The van der Waals surface area contributed by atoms with Crippen molar-refractivity contribution in [2.24, 2.45) is 17.8 Å². The summed E-state index contributed by atoms with van der Waals surface area (Å²) < 4.78 is 0. The zero-order chi connectivity index (χ0) is 14.9. The first kappa shape index (κ1) is 15.5. The topological polar surface area (TPSA) is 20.3 Å². The molecule has 120 valence electrons.